The fraction of sp³-hybridized carbons (Fsp3) is 0.714. The van der Waals surface area contributed by atoms with Crippen molar-refractivity contribution in [1.29, 1.82) is 0 Å². The van der Waals surface area contributed by atoms with E-state index in [2.05, 4.69) is 15.3 Å². The van der Waals surface area contributed by atoms with Crippen LogP contribution in [0.15, 0.2) is 6.07 Å². The molecule has 0 bridgehead atoms. The summed E-state index contributed by atoms with van der Waals surface area (Å²) in [6.45, 7) is 2.95. The normalized spacial score (nSPS) is 16.6. The van der Waals surface area contributed by atoms with Gasteiger partial charge in [0.15, 0.2) is 0 Å². The molecule has 1 aliphatic carbocycles. The van der Waals surface area contributed by atoms with Gasteiger partial charge in [0.25, 0.3) is 0 Å². The van der Waals surface area contributed by atoms with Crippen LogP contribution >= 0.6 is 0 Å². The summed E-state index contributed by atoms with van der Waals surface area (Å²) in [6, 6.07) is 2.40. The molecule has 1 N–H and O–H groups in total. The molecular weight excluding hydrogens is 226 g/mol. The minimum absolute atomic E-state index is 0.440. The maximum absolute atomic E-state index is 5.07. The molecule has 0 aliphatic heterocycles. The van der Waals surface area contributed by atoms with Gasteiger partial charge in [0.1, 0.15) is 5.82 Å². The van der Waals surface area contributed by atoms with Crippen molar-refractivity contribution in [2.75, 3.05) is 19.0 Å². The van der Waals surface area contributed by atoms with Crippen LogP contribution in [0.5, 0.6) is 6.01 Å². The summed E-state index contributed by atoms with van der Waals surface area (Å²) in [7, 11) is 1.60. The Hall–Kier alpha value is -1.32. The van der Waals surface area contributed by atoms with E-state index >= 15 is 0 Å². The number of hydrogen-bond donors (Lipinski definition) is 1. The number of hydrogen-bond acceptors (Lipinski definition) is 4. The average Bonchev–Trinajstić information content (AvgIpc) is 2.39. The Bertz CT molecular complexity index is 375. The summed E-state index contributed by atoms with van der Waals surface area (Å²) < 4.78 is 5.07. The summed E-state index contributed by atoms with van der Waals surface area (Å²) in [5.41, 5.74) is 0.932. The molecular formula is C14H23N3O. The van der Waals surface area contributed by atoms with Gasteiger partial charge in [-0.1, -0.05) is 32.1 Å². The van der Waals surface area contributed by atoms with Crippen molar-refractivity contribution >= 4 is 5.82 Å². The van der Waals surface area contributed by atoms with Gasteiger partial charge in [-0.3, -0.25) is 0 Å². The van der Waals surface area contributed by atoms with Gasteiger partial charge in [-0.15, -0.1) is 0 Å². The second-order valence-corrected chi connectivity index (χ2v) is 5.10. The molecule has 0 atom stereocenters. The van der Waals surface area contributed by atoms with Crippen molar-refractivity contribution in [2.24, 2.45) is 5.92 Å². The van der Waals surface area contributed by atoms with Crippen molar-refractivity contribution in [3.63, 3.8) is 0 Å². The number of ether oxygens (including phenoxy) is 1. The lowest BCUT2D eigenvalue weighted by atomic mass is 9.87. The van der Waals surface area contributed by atoms with Gasteiger partial charge in [0.05, 0.1) is 7.11 Å². The van der Waals surface area contributed by atoms with Gasteiger partial charge in [0, 0.05) is 18.3 Å². The molecule has 0 spiro atoms. The van der Waals surface area contributed by atoms with E-state index in [-0.39, 0.29) is 0 Å². The number of nitrogens with zero attached hydrogens (tertiary/aromatic N) is 2. The number of rotatable bonds is 5. The molecule has 0 radical (unpaired) electrons. The summed E-state index contributed by atoms with van der Waals surface area (Å²) in [5.74, 6) is 1.77. The van der Waals surface area contributed by atoms with E-state index in [9.17, 15) is 0 Å². The lowest BCUT2D eigenvalue weighted by Gasteiger charge is -2.21. The van der Waals surface area contributed by atoms with E-state index < -0.39 is 0 Å². The van der Waals surface area contributed by atoms with Gasteiger partial charge in [-0.05, 0) is 19.3 Å². The van der Waals surface area contributed by atoms with Gasteiger partial charge in [-0.25, -0.2) is 4.98 Å². The molecule has 1 fully saturated rings. The molecule has 100 valence electrons. The van der Waals surface area contributed by atoms with E-state index in [4.69, 9.17) is 4.74 Å². The second-order valence-electron chi connectivity index (χ2n) is 5.10. The van der Waals surface area contributed by atoms with Crippen LogP contribution in [-0.2, 0) is 0 Å². The standard InChI is InChI=1S/C14H23N3O/c1-11-10-13(17-14(16-11)18-2)15-9-8-12-6-4-3-5-7-12/h10,12H,3-9H2,1-2H3,(H,15,16,17). The quantitative estimate of drug-likeness (QED) is 0.870. The molecule has 1 heterocycles. The van der Waals surface area contributed by atoms with Crippen LogP contribution in [0.2, 0.25) is 0 Å². The predicted molar refractivity (Wildman–Crippen MR) is 73.0 cm³/mol. The summed E-state index contributed by atoms with van der Waals surface area (Å²) in [6.07, 6.45) is 8.27. The summed E-state index contributed by atoms with van der Waals surface area (Å²) in [5, 5.41) is 3.38. The molecule has 18 heavy (non-hydrogen) atoms. The Morgan fingerprint density at radius 2 is 2.06 bits per heavy atom. The first-order valence-corrected chi connectivity index (χ1v) is 6.91. The zero-order chi connectivity index (χ0) is 12.8. The molecule has 0 unspecified atom stereocenters. The molecule has 1 aromatic rings. The number of nitrogens with one attached hydrogen (secondary N) is 1. The summed E-state index contributed by atoms with van der Waals surface area (Å²) in [4.78, 5) is 8.47. The van der Waals surface area contributed by atoms with Crippen LogP contribution in [0.4, 0.5) is 5.82 Å². The molecule has 0 amide bonds. The average molecular weight is 249 g/mol. The lowest BCUT2D eigenvalue weighted by molar-refractivity contribution is 0.345. The molecule has 0 aromatic carbocycles. The number of aryl methyl sites for hydroxylation is 1. The van der Waals surface area contributed by atoms with Crippen LogP contribution in [0, 0.1) is 12.8 Å². The van der Waals surface area contributed by atoms with Gasteiger partial charge in [-0.2, -0.15) is 4.98 Å². The topological polar surface area (TPSA) is 47.0 Å². The molecule has 4 heteroatoms. The minimum atomic E-state index is 0.440. The Morgan fingerprint density at radius 1 is 1.28 bits per heavy atom. The number of aromatic nitrogens is 2. The van der Waals surface area contributed by atoms with Crippen molar-refractivity contribution in [3.8, 4) is 6.01 Å². The van der Waals surface area contributed by atoms with Crippen molar-refractivity contribution in [3.05, 3.63) is 11.8 Å². The van der Waals surface area contributed by atoms with Crippen LogP contribution in [0.25, 0.3) is 0 Å². The van der Waals surface area contributed by atoms with Crippen LogP contribution in [0.3, 0.4) is 0 Å². The van der Waals surface area contributed by atoms with Gasteiger partial charge in [0.2, 0.25) is 0 Å². The zero-order valence-electron chi connectivity index (χ0n) is 11.4. The first-order valence-electron chi connectivity index (χ1n) is 6.91. The smallest absolute Gasteiger partial charge is 0.318 e. The van der Waals surface area contributed by atoms with Crippen LogP contribution in [-0.4, -0.2) is 23.6 Å². The van der Waals surface area contributed by atoms with E-state index in [1.165, 1.54) is 38.5 Å². The molecule has 1 aliphatic rings. The third-order valence-corrected chi connectivity index (χ3v) is 3.60. The highest BCUT2D eigenvalue weighted by Gasteiger charge is 2.12. The Balaban J connectivity index is 1.80. The highest BCUT2D eigenvalue weighted by atomic mass is 16.5. The van der Waals surface area contributed by atoms with Crippen molar-refractivity contribution in [1.82, 2.24) is 9.97 Å². The third kappa shape index (κ3) is 3.86. The van der Waals surface area contributed by atoms with E-state index in [1.54, 1.807) is 7.11 Å². The second kappa shape index (κ2) is 6.57. The first kappa shape index (κ1) is 13.1. The predicted octanol–water partition coefficient (Wildman–Crippen LogP) is 3.18. The fourth-order valence-corrected chi connectivity index (χ4v) is 2.60. The first-order chi connectivity index (χ1) is 8.78. The van der Waals surface area contributed by atoms with Gasteiger partial charge < -0.3 is 10.1 Å². The molecule has 4 nitrogen and oxygen atoms in total. The molecule has 2 rings (SSSR count). The Labute approximate surface area is 109 Å². The Morgan fingerprint density at radius 3 is 2.78 bits per heavy atom. The van der Waals surface area contributed by atoms with Crippen molar-refractivity contribution < 1.29 is 4.74 Å². The molecule has 1 saturated carbocycles. The lowest BCUT2D eigenvalue weighted by Crippen LogP contribution is -2.13. The number of anilines is 1. The fourth-order valence-electron chi connectivity index (χ4n) is 2.60. The number of methoxy groups -OCH3 is 1. The Kier molecular flexibility index (Phi) is 4.79. The van der Waals surface area contributed by atoms with E-state index in [0.29, 0.717) is 6.01 Å². The molecule has 1 aromatic heterocycles. The maximum Gasteiger partial charge on any atom is 0.318 e. The van der Waals surface area contributed by atoms with Crippen molar-refractivity contribution in [2.45, 2.75) is 45.4 Å². The zero-order valence-corrected chi connectivity index (χ0v) is 11.4. The largest absolute Gasteiger partial charge is 0.467 e. The highest BCUT2D eigenvalue weighted by molar-refractivity contribution is 5.36. The summed E-state index contributed by atoms with van der Waals surface area (Å²) >= 11 is 0. The van der Waals surface area contributed by atoms with Crippen LogP contribution < -0.4 is 10.1 Å². The van der Waals surface area contributed by atoms with Crippen LogP contribution in [0.1, 0.15) is 44.2 Å². The van der Waals surface area contributed by atoms with Gasteiger partial charge >= 0.3 is 6.01 Å². The van der Waals surface area contributed by atoms with E-state index in [1.807, 2.05) is 13.0 Å². The van der Waals surface area contributed by atoms with E-state index in [0.717, 1.165) is 24.0 Å². The SMILES string of the molecule is COc1nc(C)cc(NCCC2CCCCC2)n1. The third-order valence-electron chi connectivity index (χ3n) is 3.60. The maximum atomic E-state index is 5.07. The monoisotopic (exact) mass is 249 g/mol. The minimum Gasteiger partial charge on any atom is -0.467 e. The molecule has 0 saturated heterocycles. The highest BCUT2D eigenvalue weighted by Crippen LogP contribution is 2.26.